The smallest absolute Gasteiger partial charge is 0.272 e. The Labute approximate surface area is 157 Å². The summed E-state index contributed by atoms with van der Waals surface area (Å²) in [6.45, 7) is 2.65. The molecule has 1 aliphatic heterocycles. The molecule has 0 bridgehead atoms. The Morgan fingerprint density at radius 2 is 2.07 bits per heavy atom. The van der Waals surface area contributed by atoms with Crippen molar-refractivity contribution in [2.45, 2.75) is 19.4 Å². The number of amides is 1. The molecule has 0 saturated carbocycles. The van der Waals surface area contributed by atoms with Crippen LogP contribution in [0.15, 0.2) is 47.1 Å². The zero-order chi connectivity index (χ0) is 19.0. The fraction of sp³-hybridized carbons (Fsp3) is 0.350. The van der Waals surface area contributed by atoms with E-state index in [1.54, 1.807) is 15.7 Å². The molecule has 140 valence electrons. The average Bonchev–Trinajstić information content (AvgIpc) is 3.35. The van der Waals surface area contributed by atoms with Gasteiger partial charge in [-0.25, -0.2) is 4.98 Å². The molecule has 1 saturated heterocycles. The second-order valence-corrected chi connectivity index (χ2v) is 7.07. The van der Waals surface area contributed by atoms with Gasteiger partial charge in [0.15, 0.2) is 0 Å². The molecule has 1 aliphatic rings. The summed E-state index contributed by atoms with van der Waals surface area (Å²) in [6.07, 6.45) is 1.58. The Hall–Kier alpha value is -2.93. The molecule has 27 heavy (non-hydrogen) atoms. The third-order valence-electron chi connectivity index (χ3n) is 5.07. The van der Waals surface area contributed by atoms with E-state index in [-0.39, 0.29) is 11.8 Å². The Bertz CT molecular complexity index is 947. The molecule has 0 radical (unpaired) electrons. The number of benzene rings is 1. The van der Waals surface area contributed by atoms with Crippen molar-refractivity contribution in [3.63, 3.8) is 0 Å². The van der Waals surface area contributed by atoms with Crippen LogP contribution in [0.1, 0.15) is 21.9 Å². The SMILES string of the molecule is Cc1cc(C[C@@H]2CN(C(=O)c3cnc(-c4ccccc4)n3C)C[C@H]2O)on1. The van der Waals surface area contributed by atoms with Crippen LogP contribution in [0.25, 0.3) is 11.4 Å². The third-order valence-corrected chi connectivity index (χ3v) is 5.07. The van der Waals surface area contributed by atoms with E-state index in [4.69, 9.17) is 4.52 Å². The molecule has 1 N–H and O–H groups in total. The number of aliphatic hydroxyl groups is 1. The highest BCUT2D eigenvalue weighted by Crippen LogP contribution is 2.25. The Kier molecular flexibility index (Phi) is 4.53. The maximum atomic E-state index is 13.0. The van der Waals surface area contributed by atoms with E-state index < -0.39 is 6.10 Å². The highest BCUT2D eigenvalue weighted by Gasteiger charge is 2.36. The van der Waals surface area contributed by atoms with E-state index >= 15 is 0 Å². The van der Waals surface area contributed by atoms with E-state index in [9.17, 15) is 9.90 Å². The fourth-order valence-corrected chi connectivity index (χ4v) is 3.62. The number of hydrogen-bond donors (Lipinski definition) is 1. The molecule has 1 amide bonds. The molecule has 3 heterocycles. The monoisotopic (exact) mass is 366 g/mol. The van der Waals surface area contributed by atoms with E-state index in [1.165, 1.54) is 0 Å². The minimum Gasteiger partial charge on any atom is -0.391 e. The van der Waals surface area contributed by atoms with Gasteiger partial charge in [-0.3, -0.25) is 4.79 Å². The van der Waals surface area contributed by atoms with Crippen LogP contribution in [0.5, 0.6) is 0 Å². The maximum absolute atomic E-state index is 13.0. The standard InChI is InChI=1S/C20H22N4O3/c1-13-8-16(27-22-13)9-15-11-24(12-18(15)25)20(26)17-10-21-19(23(17)2)14-6-4-3-5-7-14/h3-8,10,15,18,25H,9,11-12H2,1-2H3/t15-,18-/m1/s1. The summed E-state index contributed by atoms with van der Waals surface area (Å²) in [6, 6.07) is 11.6. The van der Waals surface area contributed by atoms with Crippen molar-refractivity contribution < 1.29 is 14.4 Å². The molecule has 2 aromatic heterocycles. The van der Waals surface area contributed by atoms with Gasteiger partial charge in [0.25, 0.3) is 5.91 Å². The summed E-state index contributed by atoms with van der Waals surface area (Å²) in [5.74, 6) is 1.29. The van der Waals surface area contributed by atoms with E-state index in [2.05, 4.69) is 10.1 Å². The fourth-order valence-electron chi connectivity index (χ4n) is 3.62. The first-order valence-electron chi connectivity index (χ1n) is 8.99. The highest BCUT2D eigenvalue weighted by atomic mass is 16.5. The van der Waals surface area contributed by atoms with Crippen molar-refractivity contribution in [1.82, 2.24) is 19.6 Å². The number of aliphatic hydroxyl groups excluding tert-OH is 1. The van der Waals surface area contributed by atoms with Crippen molar-refractivity contribution in [2.24, 2.45) is 13.0 Å². The zero-order valence-electron chi connectivity index (χ0n) is 15.4. The first kappa shape index (κ1) is 17.5. The van der Waals surface area contributed by atoms with Crippen molar-refractivity contribution in [3.8, 4) is 11.4 Å². The van der Waals surface area contributed by atoms with Crippen LogP contribution in [0.3, 0.4) is 0 Å². The summed E-state index contributed by atoms with van der Waals surface area (Å²) >= 11 is 0. The number of carbonyl (C=O) groups is 1. The van der Waals surface area contributed by atoms with Crippen molar-refractivity contribution in [3.05, 3.63) is 59.7 Å². The molecular formula is C20H22N4O3. The lowest BCUT2D eigenvalue weighted by molar-refractivity contribution is 0.0755. The molecule has 1 fully saturated rings. The van der Waals surface area contributed by atoms with Gasteiger partial charge in [0.2, 0.25) is 0 Å². The second-order valence-electron chi connectivity index (χ2n) is 7.07. The van der Waals surface area contributed by atoms with Gasteiger partial charge in [-0.2, -0.15) is 0 Å². The van der Waals surface area contributed by atoms with E-state index in [1.807, 2.05) is 50.4 Å². The molecule has 1 aromatic carbocycles. The van der Waals surface area contributed by atoms with Crippen LogP contribution in [0.4, 0.5) is 0 Å². The molecule has 7 nitrogen and oxygen atoms in total. The quantitative estimate of drug-likeness (QED) is 0.764. The van der Waals surface area contributed by atoms with Crippen molar-refractivity contribution in [1.29, 1.82) is 0 Å². The van der Waals surface area contributed by atoms with Crippen LogP contribution >= 0.6 is 0 Å². The summed E-state index contributed by atoms with van der Waals surface area (Å²) in [7, 11) is 1.84. The summed E-state index contributed by atoms with van der Waals surface area (Å²) in [5, 5.41) is 14.3. The number of imidazole rings is 1. The van der Waals surface area contributed by atoms with Gasteiger partial charge in [-0.05, 0) is 6.92 Å². The number of rotatable bonds is 4. The van der Waals surface area contributed by atoms with Crippen LogP contribution in [-0.2, 0) is 13.5 Å². The van der Waals surface area contributed by atoms with Gasteiger partial charge in [-0.1, -0.05) is 35.5 Å². The van der Waals surface area contributed by atoms with Gasteiger partial charge in [-0.15, -0.1) is 0 Å². The summed E-state index contributed by atoms with van der Waals surface area (Å²) in [4.78, 5) is 19.1. The van der Waals surface area contributed by atoms with Gasteiger partial charge in [0.05, 0.1) is 18.0 Å². The summed E-state index contributed by atoms with van der Waals surface area (Å²) in [5.41, 5.74) is 2.28. The van der Waals surface area contributed by atoms with Crippen molar-refractivity contribution >= 4 is 5.91 Å². The topological polar surface area (TPSA) is 84.4 Å². The maximum Gasteiger partial charge on any atom is 0.272 e. The largest absolute Gasteiger partial charge is 0.391 e. The number of nitrogens with zero attached hydrogens (tertiary/aromatic N) is 4. The number of carbonyl (C=O) groups excluding carboxylic acids is 1. The molecule has 0 unspecified atom stereocenters. The Morgan fingerprint density at radius 1 is 1.30 bits per heavy atom. The van der Waals surface area contributed by atoms with Crippen LogP contribution < -0.4 is 0 Å². The normalized spacial score (nSPS) is 19.6. The van der Waals surface area contributed by atoms with Crippen LogP contribution in [0.2, 0.25) is 0 Å². The number of hydrogen-bond acceptors (Lipinski definition) is 5. The predicted octanol–water partition coefficient (Wildman–Crippen LogP) is 2.06. The molecule has 0 aliphatic carbocycles. The number of likely N-dealkylation sites (tertiary alicyclic amines) is 1. The molecule has 4 rings (SSSR count). The Balaban J connectivity index is 1.50. The third kappa shape index (κ3) is 3.38. The van der Waals surface area contributed by atoms with Crippen LogP contribution in [0, 0.1) is 12.8 Å². The molecule has 7 heteroatoms. The minimum atomic E-state index is -0.582. The molecular weight excluding hydrogens is 344 g/mol. The number of aryl methyl sites for hydroxylation is 1. The molecule has 0 spiro atoms. The summed E-state index contributed by atoms with van der Waals surface area (Å²) < 4.78 is 7.05. The lowest BCUT2D eigenvalue weighted by Crippen LogP contribution is -2.31. The average molecular weight is 366 g/mol. The molecule has 2 atom stereocenters. The number of aromatic nitrogens is 3. The van der Waals surface area contributed by atoms with Gasteiger partial charge in [0, 0.05) is 44.1 Å². The Morgan fingerprint density at radius 3 is 2.78 bits per heavy atom. The van der Waals surface area contributed by atoms with E-state index in [0.717, 1.165) is 22.8 Å². The van der Waals surface area contributed by atoms with Gasteiger partial charge >= 0.3 is 0 Å². The minimum absolute atomic E-state index is 0.0666. The lowest BCUT2D eigenvalue weighted by atomic mass is 10.0. The highest BCUT2D eigenvalue weighted by molar-refractivity contribution is 5.93. The van der Waals surface area contributed by atoms with Gasteiger partial charge in [0.1, 0.15) is 17.3 Å². The zero-order valence-corrected chi connectivity index (χ0v) is 15.4. The first-order valence-corrected chi connectivity index (χ1v) is 8.99. The second kappa shape index (κ2) is 7.00. The van der Waals surface area contributed by atoms with E-state index in [0.29, 0.717) is 25.2 Å². The lowest BCUT2D eigenvalue weighted by Gasteiger charge is -2.16. The predicted molar refractivity (Wildman–Crippen MR) is 99.0 cm³/mol. The van der Waals surface area contributed by atoms with Gasteiger partial charge < -0.3 is 19.1 Å². The first-order chi connectivity index (χ1) is 13.0. The number of β-amino-alcohol motifs (C(OH)–C–C–N with tert-alkyl or cyclic N) is 1. The molecule has 3 aromatic rings. The van der Waals surface area contributed by atoms with Crippen LogP contribution in [-0.4, -0.2) is 49.8 Å². The van der Waals surface area contributed by atoms with Crippen molar-refractivity contribution in [2.75, 3.05) is 13.1 Å².